The molecular formula is C13H13BrF3NO3. The lowest BCUT2D eigenvalue weighted by atomic mass is 10.0. The lowest BCUT2D eigenvalue weighted by Gasteiger charge is -2.18. The van der Waals surface area contributed by atoms with E-state index in [-0.39, 0.29) is 10.0 Å². The highest BCUT2D eigenvalue weighted by molar-refractivity contribution is 9.10. The van der Waals surface area contributed by atoms with Crippen LogP contribution in [0.15, 0.2) is 22.7 Å². The number of alkyl halides is 3. The van der Waals surface area contributed by atoms with Gasteiger partial charge in [0.05, 0.1) is 11.5 Å². The maximum atomic E-state index is 12.7. The summed E-state index contributed by atoms with van der Waals surface area (Å²) in [7, 11) is 0. The normalized spacial score (nSPS) is 14.4. The molecule has 1 aromatic carbocycles. The number of carbonyl (C=O) groups excluding carboxylic acids is 1. The van der Waals surface area contributed by atoms with Crippen LogP contribution in [0.3, 0.4) is 0 Å². The molecule has 0 radical (unpaired) electrons. The summed E-state index contributed by atoms with van der Waals surface area (Å²) in [6.45, 7) is 2.87. The van der Waals surface area contributed by atoms with Crippen molar-refractivity contribution >= 4 is 27.8 Å². The largest absolute Gasteiger partial charge is 0.481 e. The van der Waals surface area contributed by atoms with Gasteiger partial charge in [0.25, 0.3) is 5.91 Å². The van der Waals surface area contributed by atoms with E-state index in [0.717, 1.165) is 12.1 Å². The van der Waals surface area contributed by atoms with E-state index in [0.29, 0.717) is 0 Å². The van der Waals surface area contributed by atoms with Crippen molar-refractivity contribution in [1.82, 2.24) is 5.32 Å². The van der Waals surface area contributed by atoms with Crippen molar-refractivity contribution in [2.75, 3.05) is 0 Å². The number of carboxylic acid groups (broad SMARTS) is 1. The predicted molar refractivity (Wildman–Crippen MR) is 72.9 cm³/mol. The van der Waals surface area contributed by atoms with Gasteiger partial charge in [-0.3, -0.25) is 9.59 Å². The number of rotatable bonds is 4. The predicted octanol–water partition coefficient (Wildman–Crippen LogP) is 3.31. The van der Waals surface area contributed by atoms with E-state index in [4.69, 9.17) is 5.11 Å². The minimum Gasteiger partial charge on any atom is -0.481 e. The van der Waals surface area contributed by atoms with Crippen molar-refractivity contribution < 1.29 is 27.9 Å². The Morgan fingerprint density at radius 2 is 1.86 bits per heavy atom. The van der Waals surface area contributed by atoms with Crippen LogP contribution in [0.1, 0.15) is 29.8 Å². The summed E-state index contributed by atoms with van der Waals surface area (Å²) in [6.07, 6.45) is -4.59. The zero-order valence-electron chi connectivity index (χ0n) is 11.2. The van der Waals surface area contributed by atoms with Gasteiger partial charge in [-0.1, -0.05) is 15.9 Å². The van der Waals surface area contributed by atoms with Crippen LogP contribution in [0.5, 0.6) is 0 Å². The highest BCUT2D eigenvalue weighted by Crippen LogP contribution is 2.35. The molecule has 0 spiro atoms. The van der Waals surface area contributed by atoms with Crippen molar-refractivity contribution in [2.24, 2.45) is 5.92 Å². The lowest BCUT2D eigenvalue weighted by Crippen LogP contribution is -2.40. The molecule has 0 saturated carbocycles. The highest BCUT2D eigenvalue weighted by Gasteiger charge is 2.33. The van der Waals surface area contributed by atoms with Crippen LogP contribution in [0, 0.1) is 5.92 Å². The minimum atomic E-state index is -4.59. The van der Waals surface area contributed by atoms with Gasteiger partial charge in [0.15, 0.2) is 0 Å². The van der Waals surface area contributed by atoms with Crippen molar-refractivity contribution in [3.63, 3.8) is 0 Å². The van der Waals surface area contributed by atoms with Gasteiger partial charge in [0, 0.05) is 16.1 Å². The number of halogens is 4. The van der Waals surface area contributed by atoms with Crippen molar-refractivity contribution in [1.29, 1.82) is 0 Å². The Hall–Kier alpha value is -1.57. The van der Waals surface area contributed by atoms with Crippen molar-refractivity contribution in [3.8, 4) is 0 Å². The van der Waals surface area contributed by atoms with Crippen LogP contribution in [0.25, 0.3) is 0 Å². The zero-order chi connectivity index (χ0) is 16.4. The molecule has 1 aromatic rings. The molecule has 0 heterocycles. The number of hydrogen-bond donors (Lipinski definition) is 2. The maximum absolute atomic E-state index is 12.7. The molecule has 1 rings (SSSR count). The summed E-state index contributed by atoms with van der Waals surface area (Å²) in [5, 5.41) is 11.2. The quantitative estimate of drug-likeness (QED) is 0.857. The summed E-state index contributed by atoms with van der Waals surface area (Å²) >= 11 is 2.78. The molecule has 8 heteroatoms. The molecule has 0 aliphatic heterocycles. The molecule has 0 aliphatic carbocycles. The average Bonchev–Trinajstić information content (AvgIpc) is 2.36. The van der Waals surface area contributed by atoms with Crippen molar-refractivity contribution in [3.05, 3.63) is 33.8 Å². The van der Waals surface area contributed by atoms with E-state index in [1.54, 1.807) is 0 Å². The number of nitrogens with one attached hydrogen (secondary N) is 1. The van der Waals surface area contributed by atoms with Gasteiger partial charge in [-0.25, -0.2) is 0 Å². The molecular weight excluding hydrogens is 355 g/mol. The molecule has 0 saturated heterocycles. The topological polar surface area (TPSA) is 66.4 Å². The lowest BCUT2D eigenvalue weighted by molar-refractivity contribution is -0.142. The molecule has 0 fully saturated rings. The first kappa shape index (κ1) is 17.5. The maximum Gasteiger partial charge on any atom is 0.417 e. The van der Waals surface area contributed by atoms with Crippen molar-refractivity contribution in [2.45, 2.75) is 26.1 Å². The van der Waals surface area contributed by atoms with E-state index in [9.17, 15) is 22.8 Å². The van der Waals surface area contributed by atoms with Crippen LogP contribution < -0.4 is 5.32 Å². The zero-order valence-corrected chi connectivity index (χ0v) is 12.7. The Morgan fingerprint density at radius 1 is 1.29 bits per heavy atom. The van der Waals surface area contributed by atoms with Crippen LogP contribution in [0.4, 0.5) is 13.2 Å². The Kier molecular flexibility index (Phi) is 5.38. The van der Waals surface area contributed by atoms with Gasteiger partial charge >= 0.3 is 12.1 Å². The molecule has 116 valence electrons. The Labute approximate surface area is 127 Å². The monoisotopic (exact) mass is 367 g/mol. The fourth-order valence-electron chi connectivity index (χ4n) is 1.51. The number of aliphatic carboxylic acids is 1. The molecule has 0 aromatic heterocycles. The van der Waals surface area contributed by atoms with Gasteiger partial charge in [-0.15, -0.1) is 0 Å². The molecule has 0 bridgehead atoms. The molecule has 21 heavy (non-hydrogen) atoms. The summed E-state index contributed by atoms with van der Waals surface area (Å²) in [5.41, 5.74) is -1.15. The standard InChI is InChI=1S/C13H13BrF3NO3/c1-6(12(20)21)7(2)18-11(19)8-3-4-10(14)9(5-8)13(15,16)17/h3-7H,1-2H3,(H,18,19)(H,20,21). The molecule has 2 atom stereocenters. The van der Waals surface area contributed by atoms with E-state index >= 15 is 0 Å². The molecule has 2 N–H and O–H groups in total. The minimum absolute atomic E-state index is 0.168. The number of hydrogen-bond acceptors (Lipinski definition) is 2. The summed E-state index contributed by atoms with van der Waals surface area (Å²) < 4.78 is 38.1. The third kappa shape index (κ3) is 4.45. The first-order chi connectivity index (χ1) is 9.54. The molecule has 2 unspecified atom stereocenters. The second-order valence-corrected chi connectivity index (χ2v) is 5.44. The summed E-state index contributed by atoms with van der Waals surface area (Å²) in [5.74, 6) is -2.71. The molecule has 0 aliphatic rings. The Morgan fingerprint density at radius 3 is 2.33 bits per heavy atom. The van der Waals surface area contributed by atoms with Crippen LogP contribution in [-0.4, -0.2) is 23.0 Å². The van der Waals surface area contributed by atoms with Gasteiger partial charge in [-0.2, -0.15) is 13.2 Å². The first-order valence-electron chi connectivity index (χ1n) is 5.94. The van der Waals surface area contributed by atoms with Gasteiger partial charge in [0.2, 0.25) is 0 Å². The molecule has 4 nitrogen and oxygen atoms in total. The summed E-state index contributed by atoms with van der Waals surface area (Å²) in [4.78, 5) is 22.7. The second-order valence-electron chi connectivity index (χ2n) is 4.58. The van der Waals surface area contributed by atoms with Gasteiger partial charge in [-0.05, 0) is 32.0 Å². The Balaban J connectivity index is 2.97. The Bertz CT molecular complexity index is 560. The van der Waals surface area contributed by atoms with E-state index in [1.807, 2.05) is 0 Å². The first-order valence-corrected chi connectivity index (χ1v) is 6.73. The van der Waals surface area contributed by atoms with E-state index < -0.39 is 35.6 Å². The average molecular weight is 368 g/mol. The van der Waals surface area contributed by atoms with Gasteiger partial charge < -0.3 is 10.4 Å². The second kappa shape index (κ2) is 6.46. The number of carbonyl (C=O) groups is 2. The number of amides is 1. The highest BCUT2D eigenvalue weighted by atomic mass is 79.9. The fourth-order valence-corrected chi connectivity index (χ4v) is 1.98. The van der Waals surface area contributed by atoms with E-state index in [2.05, 4.69) is 21.2 Å². The molecule has 1 amide bonds. The fraction of sp³-hybridized carbons (Fsp3) is 0.385. The third-order valence-corrected chi connectivity index (χ3v) is 3.72. The van der Waals surface area contributed by atoms with Gasteiger partial charge in [0.1, 0.15) is 0 Å². The SMILES string of the molecule is CC(NC(=O)c1ccc(Br)c(C(F)(F)F)c1)C(C)C(=O)O. The van der Waals surface area contributed by atoms with Crippen LogP contribution in [-0.2, 0) is 11.0 Å². The van der Waals surface area contributed by atoms with E-state index in [1.165, 1.54) is 19.9 Å². The van der Waals surface area contributed by atoms with Crippen LogP contribution >= 0.6 is 15.9 Å². The smallest absolute Gasteiger partial charge is 0.417 e. The summed E-state index contributed by atoms with van der Waals surface area (Å²) in [6, 6.07) is 2.36. The number of benzene rings is 1. The number of carboxylic acids is 1. The third-order valence-electron chi connectivity index (χ3n) is 3.03. The van der Waals surface area contributed by atoms with Crippen LogP contribution in [0.2, 0.25) is 0 Å².